The van der Waals surface area contributed by atoms with Crippen molar-refractivity contribution in [3.8, 4) is 5.75 Å². The predicted octanol–water partition coefficient (Wildman–Crippen LogP) is 4.38. The number of hydrogen-bond donors (Lipinski definition) is 7. The summed E-state index contributed by atoms with van der Waals surface area (Å²) < 4.78 is 0. The third kappa shape index (κ3) is 6.91. The molecule has 3 aliphatic carbocycles. The number of nitrogens with zero attached hydrogens (tertiary/aromatic N) is 1. The van der Waals surface area contributed by atoms with Gasteiger partial charge in [0.2, 0.25) is 11.7 Å². The number of ketones is 2. The van der Waals surface area contributed by atoms with Crippen LogP contribution in [0.1, 0.15) is 56.1 Å². The number of Topliss-reactive ketones (excluding diaryl/α,β-unsaturated/α-hetero) is 2. The Morgan fingerprint density at radius 3 is 1.85 bits per heavy atom. The molecule has 6 atom stereocenters. The molecule has 8 N–H and O–H groups in total. The van der Waals surface area contributed by atoms with Crippen LogP contribution in [-0.2, 0) is 19.2 Å². The molecule has 1 saturated carbocycles. The highest BCUT2D eigenvalue weighted by atomic mass is 31.2. The number of rotatable bonds is 13. The number of carbonyl (C=O) groups excluding carboxylic acids is 4. The zero-order chi connectivity index (χ0) is 43.1. The molecule has 3 aliphatic rings. The Bertz CT molecular complexity index is 2290. The minimum atomic E-state index is -3.01. The number of phenolic OH excluding ortho intramolecular Hbond substituents is 1. The average Bonchev–Trinajstić information content (AvgIpc) is 3.23. The lowest BCUT2D eigenvalue weighted by Crippen LogP contribution is -2.70. The number of unbranched alkanes of at least 4 members (excludes halogenated alkanes) is 3. The number of anilines is 1. The highest BCUT2D eigenvalue weighted by Crippen LogP contribution is 2.58. The number of hydrogen-bond acceptors (Lipinski definition) is 10. The number of carbonyl (C=O) groups is 4. The highest BCUT2D eigenvalue weighted by Gasteiger charge is 2.68. The van der Waals surface area contributed by atoms with Gasteiger partial charge in [-0.05, 0) is 87.3 Å². The topological polar surface area (TPSA) is 211 Å². The van der Waals surface area contributed by atoms with Crippen LogP contribution in [0.5, 0.6) is 5.75 Å². The number of nitrogens with one attached hydrogen (secondary N) is 1. The summed E-state index contributed by atoms with van der Waals surface area (Å²) in [5, 5.41) is 64.8. The van der Waals surface area contributed by atoms with Gasteiger partial charge in [-0.2, -0.15) is 0 Å². The predicted molar refractivity (Wildman–Crippen MR) is 232 cm³/mol. The number of phenols is 1. The number of benzene rings is 4. The molecule has 0 radical (unpaired) electrons. The summed E-state index contributed by atoms with van der Waals surface area (Å²) in [6, 6.07) is 33.6. The number of aliphatic hydroxyl groups excluding tert-OH is 3. The smallest absolute Gasteiger partial charge is 0.255 e. The van der Waals surface area contributed by atoms with Gasteiger partial charge in [-0.3, -0.25) is 24.1 Å². The van der Waals surface area contributed by atoms with E-state index in [9.17, 15) is 44.7 Å². The van der Waals surface area contributed by atoms with Gasteiger partial charge < -0.3 is 36.6 Å². The molecule has 1 fully saturated rings. The van der Waals surface area contributed by atoms with Gasteiger partial charge in [0, 0.05) is 17.9 Å². The number of aliphatic hydroxyl groups is 4. The molecule has 312 valence electrons. The largest absolute Gasteiger partial charge is 0.508 e. The van der Waals surface area contributed by atoms with Crippen molar-refractivity contribution in [1.82, 2.24) is 4.90 Å². The van der Waals surface area contributed by atoms with Crippen molar-refractivity contribution >= 4 is 58.0 Å². The molecule has 4 aromatic rings. The van der Waals surface area contributed by atoms with Gasteiger partial charge >= 0.3 is 0 Å². The molecule has 2 amide bonds. The minimum Gasteiger partial charge on any atom is -0.508 e. The molecule has 0 saturated heterocycles. The number of nitrogens with two attached hydrogens (primary N) is 1. The first-order valence-corrected chi connectivity index (χ1v) is 22.2. The lowest BCUT2D eigenvalue weighted by atomic mass is 9.54. The number of aromatic hydroxyl groups is 1. The van der Waals surface area contributed by atoms with Crippen LogP contribution in [-0.4, -0.2) is 91.8 Å². The Kier molecular flexibility index (Phi) is 11.9. The van der Waals surface area contributed by atoms with Gasteiger partial charge in [-0.25, -0.2) is 0 Å². The second kappa shape index (κ2) is 16.8. The van der Waals surface area contributed by atoms with Gasteiger partial charge in [-0.15, -0.1) is 0 Å². The van der Waals surface area contributed by atoms with Crippen molar-refractivity contribution in [1.29, 1.82) is 0 Å². The van der Waals surface area contributed by atoms with Crippen molar-refractivity contribution in [2.75, 3.05) is 25.6 Å². The molecular formula is C47H51N3O9P+. The van der Waals surface area contributed by atoms with E-state index in [1.165, 1.54) is 41.0 Å². The highest BCUT2D eigenvalue weighted by molar-refractivity contribution is 7.95. The van der Waals surface area contributed by atoms with Crippen LogP contribution in [0.3, 0.4) is 0 Å². The minimum absolute atomic E-state index is 0.0187. The molecule has 4 aromatic carbocycles. The van der Waals surface area contributed by atoms with Crippen LogP contribution >= 0.6 is 7.26 Å². The van der Waals surface area contributed by atoms with E-state index in [1.807, 2.05) is 18.2 Å². The first-order chi connectivity index (χ1) is 28.7. The maximum Gasteiger partial charge on any atom is 0.255 e. The van der Waals surface area contributed by atoms with E-state index in [0.29, 0.717) is 12.0 Å². The Labute approximate surface area is 349 Å². The van der Waals surface area contributed by atoms with Gasteiger partial charge in [0.05, 0.1) is 35.5 Å². The monoisotopic (exact) mass is 832 g/mol. The molecule has 0 unspecified atom stereocenters. The molecule has 13 heteroatoms. The number of fused-ring (bicyclic) bond motifs is 3. The van der Waals surface area contributed by atoms with Crippen LogP contribution in [0.25, 0.3) is 5.76 Å². The zero-order valence-corrected chi connectivity index (χ0v) is 34.7. The maximum atomic E-state index is 14.3. The Morgan fingerprint density at radius 2 is 1.33 bits per heavy atom. The van der Waals surface area contributed by atoms with Gasteiger partial charge in [-0.1, -0.05) is 74.0 Å². The molecular weight excluding hydrogens is 782 g/mol. The van der Waals surface area contributed by atoms with E-state index in [2.05, 4.69) is 78.1 Å². The quantitative estimate of drug-likeness (QED) is 0.0438. The molecule has 7 rings (SSSR count). The fourth-order valence-corrected chi connectivity index (χ4v) is 14.2. The maximum absolute atomic E-state index is 14.3. The number of amides is 2. The second-order valence-corrected chi connectivity index (χ2v) is 19.8. The van der Waals surface area contributed by atoms with E-state index < -0.39 is 88.7 Å². The Hall–Kier alpha value is -5.65. The Morgan fingerprint density at radius 1 is 0.800 bits per heavy atom. The number of primary amides is 1. The van der Waals surface area contributed by atoms with E-state index >= 15 is 0 Å². The lowest BCUT2D eigenvalue weighted by molar-refractivity contribution is -0.169. The van der Waals surface area contributed by atoms with Crippen molar-refractivity contribution in [3.05, 3.63) is 131 Å². The molecule has 0 spiro atoms. The summed E-state index contributed by atoms with van der Waals surface area (Å²) in [6.07, 6.45) is 2.65. The first kappa shape index (κ1) is 42.5. The van der Waals surface area contributed by atoms with Gasteiger partial charge in [0.15, 0.2) is 11.4 Å². The van der Waals surface area contributed by atoms with Crippen LogP contribution in [0.4, 0.5) is 5.69 Å². The van der Waals surface area contributed by atoms with Crippen molar-refractivity contribution in [2.24, 2.45) is 17.6 Å². The molecule has 0 heterocycles. The standard InChI is InChI=1S/C47H50N3O9P/c1-27-31-24-25-32(40(52)35(31)41(53)36-34(27)42(54)38-39(50(2)3)43(55)37(46(48)58)45(57)47(38,59)44(36)56)49-33(51)23-15-4-5-16-26-60(28-17-9-6-10-18-28,29-19-11-7-12-20-29)30-21-13-8-14-22-30/h6-14,17-22,24-25,27,34,38-39,42,54,59H,4-5,15-16,23,26H2,1-3H3,(H5-,48,49,51,52,53,55,56,57,58)/p+1/t27-,34+,38+,39-,42-,47-/m0/s1. The summed E-state index contributed by atoms with van der Waals surface area (Å²) >= 11 is 0. The molecule has 0 bridgehead atoms. The first-order valence-electron chi connectivity index (χ1n) is 20.2. The third-order valence-corrected chi connectivity index (χ3v) is 17.2. The van der Waals surface area contributed by atoms with Crippen molar-refractivity contribution < 1.29 is 44.7 Å². The summed E-state index contributed by atoms with van der Waals surface area (Å²) in [7, 11) is 0.937. The van der Waals surface area contributed by atoms with E-state index in [0.717, 1.165) is 25.4 Å². The fourth-order valence-electron chi connectivity index (χ4n) is 9.80. The second-order valence-electron chi connectivity index (χ2n) is 16.2. The van der Waals surface area contributed by atoms with Crippen LogP contribution in [0.2, 0.25) is 0 Å². The third-order valence-electron chi connectivity index (χ3n) is 12.6. The molecule has 60 heavy (non-hydrogen) atoms. The summed E-state index contributed by atoms with van der Waals surface area (Å²) in [6.45, 7) is 1.65. The summed E-state index contributed by atoms with van der Waals surface area (Å²) in [4.78, 5) is 54.6. The fraction of sp³-hybridized carbons (Fsp3) is 0.319. The molecule has 0 aromatic heterocycles. The Balaban J connectivity index is 1.07. The van der Waals surface area contributed by atoms with Crippen molar-refractivity contribution in [2.45, 2.75) is 62.7 Å². The van der Waals surface area contributed by atoms with Crippen LogP contribution < -0.4 is 27.0 Å². The molecule has 0 aliphatic heterocycles. The van der Waals surface area contributed by atoms with Crippen LogP contribution in [0.15, 0.2) is 120 Å². The normalized spacial score (nSPS) is 23.9. The summed E-state index contributed by atoms with van der Waals surface area (Å²) in [5.74, 6) is -10.2. The van der Waals surface area contributed by atoms with Gasteiger partial charge in [0.25, 0.3) is 5.91 Å². The lowest BCUT2D eigenvalue weighted by Gasteiger charge is -2.53. The van der Waals surface area contributed by atoms with Crippen LogP contribution in [0, 0.1) is 11.8 Å². The average molecular weight is 833 g/mol. The van der Waals surface area contributed by atoms with E-state index in [1.54, 1.807) is 13.0 Å². The SMILES string of the molecule is C[C@H]1c2ccc(NC(=O)CCCCCC[P+](c3ccccc3)(c3ccccc3)c3ccccc3)c(O)c2C(O)=C2C(=O)[C@]3(O)C(O)=C(C(N)=O)C(=O)[C@@H](N(C)C)[C@@H]3[C@@H](O)[C@@H]21. The van der Waals surface area contributed by atoms with E-state index in [-0.39, 0.29) is 23.6 Å². The van der Waals surface area contributed by atoms with E-state index in [4.69, 9.17) is 5.73 Å². The summed E-state index contributed by atoms with van der Waals surface area (Å²) in [5.41, 5.74) is 1.05. The number of likely N-dealkylation sites (N-methyl/N-ethyl adjacent to an activating group) is 1. The van der Waals surface area contributed by atoms with Gasteiger partial charge in [0.1, 0.15) is 46.0 Å². The van der Waals surface area contributed by atoms with Crippen molar-refractivity contribution in [3.63, 3.8) is 0 Å². The molecule has 12 nitrogen and oxygen atoms in total. The zero-order valence-electron chi connectivity index (χ0n) is 33.8.